The monoisotopic (exact) mass is 299 g/mol. The number of nitrogens with zero attached hydrogens (tertiary/aromatic N) is 2. The average molecular weight is 299 g/mol. The van der Waals surface area contributed by atoms with Gasteiger partial charge in [-0.3, -0.25) is 14.5 Å². The number of halogens is 3. The molecule has 1 aromatic heterocycles. The molecule has 0 radical (unpaired) electrons. The highest BCUT2D eigenvalue weighted by Crippen LogP contribution is 2.35. The number of hydrogen-bond acceptors (Lipinski definition) is 3. The molecule has 8 heteroatoms. The Hall–Kier alpha value is -2.12. The standard InChI is InChI=1S/C13H12F3N3O2/c14-13(15,16)9-4-3-8(5-17-9)19-6-10(20)18-11(12(19)21)7-1-2-7/h3-5,7,11H,1-2,6H2,(H,18,20). The van der Waals surface area contributed by atoms with Gasteiger partial charge in [-0.15, -0.1) is 0 Å². The van der Waals surface area contributed by atoms with E-state index in [1.807, 2.05) is 0 Å². The van der Waals surface area contributed by atoms with E-state index in [1.165, 1.54) is 4.90 Å². The summed E-state index contributed by atoms with van der Waals surface area (Å²) in [5, 5.41) is 2.63. The van der Waals surface area contributed by atoms with Gasteiger partial charge in [0.05, 0.1) is 11.9 Å². The van der Waals surface area contributed by atoms with E-state index in [2.05, 4.69) is 10.3 Å². The number of carbonyl (C=O) groups is 2. The minimum atomic E-state index is -4.53. The first-order chi connectivity index (χ1) is 9.86. The van der Waals surface area contributed by atoms with Crippen molar-refractivity contribution in [2.75, 3.05) is 11.4 Å². The Morgan fingerprint density at radius 2 is 1.95 bits per heavy atom. The molecule has 0 aromatic carbocycles. The Bertz CT molecular complexity index is 581. The van der Waals surface area contributed by atoms with Gasteiger partial charge in [-0.1, -0.05) is 0 Å². The number of hydrogen-bond donors (Lipinski definition) is 1. The molecule has 1 saturated heterocycles. The molecule has 2 fully saturated rings. The highest BCUT2D eigenvalue weighted by molar-refractivity contribution is 6.06. The second kappa shape index (κ2) is 4.71. The number of amides is 2. The van der Waals surface area contributed by atoms with Crippen molar-refractivity contribution in [2.24, 2.45) is 5.92 Å². The topological polar surface area (TPSA) is 62.3 Å². The van der Waals surface area contributed by atoms with Crippen LogP contribution in [0, 0.1) is 5.92 Å². The van der Waals surface area contributed by atoms with Crippen molar-refractivity contribution in [3.05, 3.63) is 24.0 Å². The number of anilines is 1. The van der Waals surface area contributed by atoms with Gasteiger partial charge in [-0.2, -0.15) is 13.2 Å². The number of carbonyl (C=O) groups excluding carboxylic acids is 2. The van der Waals surface area contributed by atoms with E-state index in [0.717, 1.165) is 31.2 Å². The zero-order chi connectivity index (χ0) is 15.2. The molecule has 1 aromatic rings. The predicted molar refractivity (Wildman–Crippen MR) is 66.2 cm³/mol. The largest absolute Gasteiger partial charge is 0.433 e. The predicted octanol–water partition coefficient (Wildman–Crippen LogP) is 1.34. The lowest BCUT2D eigenvalue weighted by Crippen LogP contribution is -2.59. The lowest BCUT2D eigenvalue weighted by molar-refractivity contribution is -0.141. The zero-order valence-electron chi connectivity index (χ0n) is 10.9. The van der Waals surface area contributed by atoms with Crippen molar-refractivity contribution in [1.29, 1.82) is 0 Å². The summed E-state index contributed by atoms with van der Waals surface area (Å²) in [5.41, 5.74) is -0.826. The van der Waals surface area contributed by atoms with Crippen LogP contribution in [0.3, 0.4) is 0 Å². The minimum absolute atomic E-state index is 0.131. The Labute approximate surface area is 118 Å². The average Bonchev–Trinajstić information content (AvgIpc) is 3.24. The van der Waals surface area contributed by atoms with Crippen LogP contribution in [0.1, 0.15) is 18.5 Å². The summed E-state index contributed by atoms with van der Waals surface area (Å²) in [4.78, 5) is 28.5. The Kier molecular flexibility index (Phi) is 3.11. The third kappa shape index (κ3) is 2.70. The first-order valence-electron chi connectivity index (χ1n) is 6.50. The lowest BCUT2D eigenvalue weighted by Gasteiger charge is -2.32. The number of nitrogens with one attached hydrogen (secondary N) is 1. The van der Waals surface area contributed by atoms with E-state index in [4.69, 9.17) is 0 Å². The smallest absolute Gasteiger partial charge is 0.342 e. The van der Waals surface area contributed by atoms with Crippen LogP contribution in [0.15, 0.2) is 18.3 Å². The highest BCUT2D eigenvalue weighted by atomic mass is 19.4. The second-order valence-electron chi connectivity index (χ2n) is 5.21. The van der Waals surface area contributed by atoms with E-state index in [9.17, 15) is 22.8 Å². The minimum Gasteiger partial charge on any atom is -0.342 e. The molecule has 1 aliphatic carbocycles. The molecule has 0 spiro atoms. The van der Waals surface area contributed by atoms with Gasteiger partial charge in [0.25, 0.3) is 0 Å². The highest BCUT2D eigenvalue weighted by Gasteiger charge is 2.43. The van der Waals surface area contributed by atoms with Gasteiger partial charge in [0, 0.05) is 0 Å². The fourth-order valence-corrected chi connectivity index (χ4v) is 2.35. The summed E-state index contributed by atoms with van der Waals surface area (Å²) in [5.74, 6) is -0.475. The molecule has 1 aliphatic heterocycles. The van der Waals surface area contributed by atoms with E-state index < -0.39 is 17.9 Å². The second-order valence-corrected chi connectivity index (χ2v) is 5.21. The van der Waals surface area contributed by atoms with E-state index >= 15 is 0 Å². The molecule has 112 valence electrons. The van der Waals surface area contributed by atoms with Gasteiger partial charge in [0.2, 0.25) is 11.8 Å². The van der Waals surface area contributed by atoms with Crippen LogP contribution in [-0.2, 0) is 15.8 Å². The molecule has 1 N–H and O–H groups in total. The van der Waals surface area contributed by atoms with Crippen LogP contribution in [0.5, 0.6) is 0 Å². The third-order valence-corrected chi connectivity index (χ3v) is 3.59. The van der Waals surface area contributed by atoms with Crippen LogP contribution in [0.25, 0.3) is 0 Å². The van der Waals surface area contributed by atoms with Crippen molar-refractivity contribution in [3.8, 4) is 0 Å². The summed E-state index contributed by atoms with van der Waals surface area (Å²) < 4.78 is 37.4. The van der Waals surface area contributed by atoms with Crippen molar-refractivity contribution >= 4 is 17.5 Å². The van der Waals surface area contributed by atoms with Crippen LogP contribution in [0.4, 0.5) is 18.9 Å². The number of piperazine rings is 1. The number of rotatable bonds is 2. The summed E-state index contributed by atoms with van der Waals surface area (Å²) in [6.45, 7) is -0.199. The molecule has 5 nitrogen and oxygen atoms in total. The van der Waals surface area contributed by atoms with Gasteiger partial charge >= 0.3 is 6.18 Å². The maximum atomic E-state index is 12.5. The molecule has 3 rings (SSSR count). The number of aromatic nitrogens is 1. The fraction of sp³-hybridized carbons (Fsp3) is 0.462. The number of alkyl halides is 3. The molecule has 2 amide bonds. The Morgan fingerprint density at radius 1 is 1.24 bits per heavy atom. The Balaban J connectivity index is 1.84. The van der Waals surface area contributed by atoms with Crippen LogP contribution < -0.4 is 10.2 Å². The van der Waals surface area contributed by atoms with Gasteiger partial charge in [-0.25, -0.2) is 4.98 Å². The summed E-state index contributed by atoms with van der Waals surface area (Å²) in [6, 6.07) is 1.39. The van der Waals surface area contributed by atoms with Crippen molar-refractivity contribution in [3.63, 3.8) is 0 Å². The number of pyridine rings is 1. The summed E-state index contributed by atoms with van der Waals surface area (Å²) >= 11 is 0. The molecular weight excluding hydrogens is 287 g/mol. The molecule has 21 heavy (non-hydrogen) atoms. The third-order valence-electron chi connectivity index (χ3n) is 3.59. The normalized spacial score (nSPS) is 23.2. The maximum Gasteiger partial charge on any atom is 0.433 e. The van der Waals surface area contributed by atoms with Crippen LogP contribution in [-0.4, -0.2) is 29.4 Å². The van der Waals surface area contributed by atoms with Crippen LogP contribution >= 0.6 is 0 Å². The van der Waals surface area contributed by atoms with E-state index in [-0.39, 0.29) is 30.0 Å². The van der Waals surface area contributed by atoms with E-state index in [0.29, 0.717) is 0 Å². The molecule has 0 bridgehead atoms. The SMILES string of the molecule is O=C1CN(c2ccc(C(F)(F)F)nc2)C(=O)C(C2CC2)N1. The van der Waals surface area contributed by atoms with Crippen molar-refractivity contribution < 1.29 is 22.8 Å². The molecule has 2 aliphatic rings. The molecule has 1 atom stereocenters. The summed E-state index contributed by atoms with van der Waals surface area (Å²) in [6.07, 6.45) is -1.81. The van der Waals surface area contributed by atoms with Crippen LogP contribution in [0.2, 0.25) is 0 Å². The summed E-state index contributed by atoms with van der Waals surface area (Å²) in [7, 11) is 0. The van der Waals surface area contributed by atoms with Gasteiger partial charge < -0.3 is 5.32 Å². The molecule has 2 heterocycles. The fourth-order valence-electron chi connectivity index (χ4n) is 2.35. The van der Waals surface area contributed by atoms with E-state index in [1.54, 1.807) is 0 Å². The molecular formula is C13H12F3N3O2. The Morgan fingerprint density at radius 3 is 2.48 bits per heavy atom. The quantitative estimate of drug-likeness (QED) is 0.896. The molecule has 1 unspecified atom stereocenters. The van der Waals surface area contributed by atoms with Crippen molar-refractivity contribution in [2.45, 2.75) is 25.1 Å². The molecule has 1 saturated carbocycles. The van der Waals surface area contributed by atoms with Gasteiger partial charge in [-0.05, 0) is 30.9 Å². The lowest BCUT2D eigenvalue weighted by atomic mass is 10.1. The van der Waals surface area contributed by atoms with Gasteiger partial charge in [0.1, 0.15) is 18.3 Å². The zero-order valence-corrected chi connectivity index (χ0v) is 10.9. The first-order valence-corrected chi connectivity index (χ1v) is 6.50. The van der Waals surface area contributed by atoms with Gasteiger partial charge in [0.15, 0.2) is 0 Å². The van der Waals surface area contributed by atoms with Crippen molar-refractivity contribution in [1.82, 2.24) is 10.3 Å². The maximum absolute atomic E-state index is 12.5. The first kappa shape index (κ1) is 13.8.